The molecule has 34 heavy (non-hydrogen) atoms. The van der Waals surface area contributed by atoms with E-state index in [1.54, 1.807) is 13.0 Å². The zero-order chi connectivity index (χ0) is 23.8. The molecule has 1 aromatic heterocycles. The number of hydrogen-bond donors (Lipinski definition) is 1. The maximum absolute atomic E-state index is 13.4. The van der Waals surface area contributed by atoms with Crippen molar-refractivity contribution >= 4 is 23.1 Å². The monoisotopic (exact) mass is 676 g/mol. The first-order valence-electron chi connectivity index (χ1n) is 11.2. The van der Waals surface area contributed by atoms with Crippen LogP contribution in [0.5, 0.6) is 0 Å². The van der Waals surface area contributed by atoms with Crippen molar-refractivity contribution in [2.45, 2.75) is 39.8 Å². The summed E-state index contributed by atoms with van der Waals surface area (Å²) in [5.41, 5.74) is 5.18. The summed E-state index contributed by atoms with van der Waals surface area (Å²) in [4.78, 5) is 24.7. The van der Waals surface area contributed by atoms with E-state index in [-0.39, 0.29) is 42.9 Å². The number of amides is 1. The first-order valence-corrected chi connectivity index (χ1v) is 11.2. The Morgan fingerprint density at radius 3 is 2.09 bits per heavy atom. The Morgan fingerprint density at radius 1 is 0.941 bits per heavy atom. The standard InChI is InChI=1S/C27H25N2O2.C2H5.U/c1-19(2)26-25(27(31)28-16-20-9-5-3-6-10-20)23-14-13-22(18-30)15-24(23)29(26)17-21-11-7-4-8-12-21;1-2;/h3-15,19H,16-17H2,1-2H3,(H,28,31);1H2,2H3;/q2*-1;+2. The fourth-order valence-corrected chi connectivity index (χ4v) is 4.07. The molecule has 0 saturated heterocycles. The molecule has 0 atom stereocenters. The molecule has 5 heteroatoms. The summed E-state index contributed by atoms with van der Waals surface area (Å²) >= 11 is 0. The van der Waals surface area contributed by atoms with E-state index in [2.05, 4.69) is 42.8 Å². The number of fused-ring (bicyclic) bond motifs is 1. The molecule has 0 bridgehead atoms. The van der Waals surface area contributed by atoms with Crippen LogP contribution < -0.4 is 5.32 Å². The first kappa shape index (κ1) is 27.6. The van der Waals surface area contributed by atoms with E-state index in [4.69, 9.17) is 0 Å². The van der Waals surface area contributed by atoms with E-state index in [0.29, 0.717) is 24.2 Å². The molecule has 1 N–H and O–H groups in total. The minimum Gasteiger partial charge on any atom is -0.376 e. The Balaban J connectivity index is 0.00000133. The molecule has 4 aromatic rings. The van der Waals surface area contributed by atoms with Crippen molar-refractivity contribution in [1.82, 2.24) is 9.88 Å². The molecule has 1 heterocycles. The van der Waals surface area contributed by atoms with Crippen molar-refractivity contribution in [3.63, 3.8) is 0 Å². The molecule has 1 amide bonds. The van der Waals surface area contributed by atoms with E-state index in [1.807, 2.05) is 66.9 Å². The zero-order valence-electron chi connectivity index (χ0n) is 20.0. The molecule has 0 aliphatic heterocycles. The van der Waals surface area contributed by atoms with Crippen LogP contribution in [0.3, 0.4) is 0 Å². The first-order chi connectivity index (χ1) is 16.1. The van der Waals surface area contributed by atoms with Crippen molar-refractivity contribution in [3.05, 3.63) is 114 Å². The van der Waals surface area contributed by atoms with Crippen molar-refractivity contribution in [3.8, 4) is 0 Å². The minimum absolute atomic E-state index is 0. The van der Waals surface area contributed by atoms with Gasteiger partial charge in [0.15, 0.2) is 0 Å². The number of nitrogens with one attached hydrogen (secondary N) is 1. The number of rotatable bonds is 7. The Labute approximate surface area is 226 Å². The Bertz CT molecular complexity index is 1220. The minimum atomic E-state index is -0.104. The molecule has 4 nitrogen and oxygen atoms in total. The van der Waals surface area contributed by atoms with Gasteiger partial charge in [0.05, 0.1) is 11.8 Å². The number of carbonyl (C=O) groups is 1. The van der Waals surface area contributed by atoms with Crippen LogP contribution in [0.4, 0.5) is 0 Å². The maximum Gasteiger partial charge on any atom is 2.00 e. The van der Waals surface area contributed by atoms with E-state index in [0.717, 1.165) is 27.7 Å². The van der Waals surface area contributed by atoms with Crippen LogP contribution in [0, 0.1) is 38.0 Å². The summed E-state index contributed by atoms with van der Waals surface area (Å²) in [6.07, 6.45) is 1.98. The van der Waals surface area contributed by atoms with E-state index >= 15 is 0 Å². The van der Waals surface area contributed by atoms with Gasteiger partial charge in [0.2, 0.25) is 0 Å². The largest absolute Gasteiger partial charge is 2.00 e. The summed E-state index contributed by atoms with van der Waals surface area (Å²) < 4.78 is 2.16. The summed E-state index contributed by atoms with van der Waals surface area (Å²) in [7, 11) is 0. The predicted octanol–water partition coefficient (Wildman–Crippen LogP) is 6.04. The molecule has 0 saturated carbocycles. The fourth-order valence-electron chi connectivity index (χ4n) is 4.07. The topological polar surface area (TPSA) is 51.1 Å². The molecule has 0 radical (unpaired) electrons. The van der Waals surface area contributed by atoms with Crippen molar-refractivity contribution < 1.29 is 40.7 Å². The smallest absolute Gasteiger partial charge is 0.376 e. The third-order valence-corrected chi connectivity index (χ3v) is 5.48. The zero-order valence-corrected chi connectivity index (χ0v) is 24.1. The number of benzene rings is 3. The maximum atomic E-state index is 13.4. The summed E-state index contributed by atoms with van der Waals surface area (Å²) in [6.45, 7) is 10.3. The third-order valence-electron chi connectivity index (χ3n) is 5.48. The van der Waals surface area contributed by atoms with Crippen molar-refractivity contribution in [2.75, 3.05) is 0 Å². The van der Waals surface area contributed by atoms with Crippen LogP contribution in [0.2, 0.25) is 0 Å². The van der Waals surface area contributed by atoms with Gasteiger partial charge in [-0.1, -0.05) is 74.5 Å². The molecule has 0 unspecified atom stereocenters. The predicted molar refractivity (Wildman–Crippen MR) is 135 cm³/mol. The van der Waals surface area contributed by atoms with Gasteiger partial charge in [0, 0.05) is 18.8 Å². The van der Waals surface area contributed by atoms with Gasteiger partial charge in [-0.15, -0.1) is 17.7 Å². The van der Waals surface area contributed by atoms with Gasteiger partial charge < -0.3 is 21.6 Å². The van der Waals surface area contributed by atoms with E-state index in [9.17, 15) is 9.59 Å². The SMILES string of the molecule is CC(C)c1c(C(=O)NCc2ccccc2)c2ccc([C-]=O)cc2n1Cc1ccccc1.[CH2-]C.[U+2]. The molecule has 3 aromatic carbocycles. The molecule has 4 rings (SSSR count). The van der Waals surface area contributed by atoms with Gasteiger partial charge in [-0.25, -0.2) is 0 Å². The number of aromatic nitrogens is 1. The van der Waals surface area contributed by atoms with Crippen molar-refractivity contribution in [2.24, 2.45) is 0 Å². The molecule has 0 fully saturated rings. The summed E-state index contributed by atoms with van der Waals surface area (Å²) in [5.74, 6) is 0.0180. The van der Waals surface area contributed by atoms with Gasteiger partial charge in [-0.05, 0) is 27.9 Å². The Morgan fingerprint density at radius 2 is 1.53 bits per heavy atom. The van der Waals surface area contributed by atoms with Gasteiger partial charge in [0.25, 0.3) is 5.91 Å². The van der Waals surface area contributed by atoms with Crippen LogP contribution in [0.25, 0.3) is 10.9 Å². The van der Waals surface area contributed by atoms with Gasteiger partial charge >= 0.3 is 31.1 Å². The van der Waals surface area contributed by atoms with Crippen LogP contribution in [0.1, 0.15) is 59.4 Å². The number of nitrogens with zero attached hydrogens (tertiary/aromatic N) is 1. The van der Waals surface area contributed by atoms with Crippen LogP contribution >= 0.6 is 0 Å². The number of carbonyl (C=O) groups excluding carboxylic acids is 2. The third kappa shape index (κ3) is 6.29. The fraction of sp³-hybridized carbons (Fsp3) is 0.207. The summed E-state index contributed by atoms with van der Waals surface area (Å²) in [5, 5.41) is 3.93. The number of hydrogen-bond acceptors (Lipinski definition) is 2. The van der Waals surface area contributed by atoms with Crippen LogP contribution in [0.15, 0.2) is 78.9 Å². The van der Waals surface area contributed by atoms with Crippen molar-refractivity contribution in [1.29, 1.82) is 0 Å². The average molecular weight is 677 g/mol. The molecular formula is C29H30N2O2U. The molecule has 0 spiro atoms. The van der Waals surface area contributed by atoms with Crippen LogP contribution in [-0.4, -0.2) is 16.8 Å². The average Bonchev–Trinajstić information content (AvgIpc) is 3.18. The second kappa shape index (κ2) is 13.3. The summed E-state index contributed by atoms with van der Waals surface area (Å²) in [6, 6.07) is 25.4. The second-order valence-electron chi connectivity index (χ2n) is 7.99. The quantitative estimate of drug-likeness (QED) is 0.243. The van der Waals surface area contributed by atoms with E-state index in [1.165, 1.54) is 0 Å². The van der Waals surface area contributed by atoms with Gasteiger partial charge in [-0.2, -0.15) is 13.0 Å². The second-order valence-corrected chi connectivity index (χ2v) is 7.99. The van der Waals surface area contributed by atoms with Gasteiger partial charge in [0.1, 0.15) is 0 Å². The van der Waals surface area contributed by atoms with Gasteiger partial charge in [-0.3, -0.25) is 4.79 Å². The molecular weight excluding hydrogens is 646 g/mol. The Kier molecular flexibility index (Phi) is 10.8. The molecule has 172 valence electrons. The molecule has 0 aliphatic carbocycles. The Hall–Kier alpha value is -2.61. The normalized spacial score (nSPS) is 10.3. The van der Waals surface area contributed by atoms with Crippen LogP contribution in [-0.2, 0) is 17.9 Å². The van der Waals surface area contributed by atoms with E-state index < -0.39 is 0 Å². The molecule has 0 aliphatic rings.